The smallest absolute Gasteiger partial charge is 0.251 e. The molecular formula is C26H27ClN2O4. The number of fused-ring (bicyclic) bond motifs is 2. The van der Waals surface area contributed by atoms with Crippen LogP contribution in [0, 0.1) is 0 Å². The number of unbranched alkanes of at least 4 members (excludes halogenated alkanes) is 2. The lowest BCUT2D eigenvalue weighted by atomic mass is 10.2. The predicted molar refractivity (Wildman–Crippen MR) is 133 cm³/mol. The molecule has 0 saturated heterocycles. The van der Waals surface area contributed by atoms with Gasteiger partial charge in [0.25, 0.3) is 5.56 Å². The third kappa shape index (κ3) is 5.96. The van der Waals surface area contributed by atoms with Crippen LogP contribution in [0.4, 0.5) is 0 Å². The molecule has 2 aromatic heterocycles. The molecule has 0 unspecified atom stereocenters. The summed E-state index contributed by atoms with van der Waals surface area (Å²) in [7, 11) is 0. The number of nitrogens with zero attached hydrogens (tertiary/aromatic N) is 1. The van der Waals surface area contributed by atoms with E-state index < -0.39 is 0 Å². The number of hydrogen-bond acceptors (Lipinski definition) is 4. The largest absolute Gasteiger partial charge is 0.494 e. The van der Waals surface area contributed by atoms with E-state index in [1.165, 1.54) is 6.07 Å². The Bertz CT molecular complexity index is 1350. The molecule has 0 aliphatic rings. The van der Waals surface area contributed by atoms with E-state index in [-0.39, 0.29) is 11.1 Å². The van der Waals surface area contributed by atoms with E-state index in [1.54, 1.807) is 16.7 Å². The lowest BCUT2D eigenvalue weighted by Crippen LogP contribution is -2.19. The van der Waals surface area contributed by atoms with Gasteiger partial charge in [-0.15, -0.1) is 11.6 Å². The molecule has 2 heterocycles. The maximum absolute atomic E-state index is 12.5. The molecule has 0 bridgehead atoms. The molecule has 0 aliphatic heterocycles. The zero-order valence-corrected chi connectivity index (χ0v) is 19.1. The van der Waals surface area contributed by atoms with Gasteiger partial charge >= 0.3 is 0 Å². The first-order chi connectivity index (χ1) is 16.1. The number of aromatic amines is 1. The summed E-state index contributed by atoms with van der Waals surface area (Å²) in [5, 5.41) is 1.96. The summed E-state index contributed by atoms with van der Waals surface area (Å²) >= 11 is 5.72. The molecule has 0 amide bonds. The van der Waals surface area contributed by atoms with Gasteiger partial charge in [-0.3, -0.25) is 9.59 Å². The second-order valence-corrected chi connectivity index (χ2v) is 8.29. The Morgan fingerprint density at radius 2 is 1.42 bits per heavy atom. The van der Waals surface area contributed by atoms with E-state index in [9.17, 15) is 9.59 Å². The number of ether oxygens (including phenoxy) is 2. The number of benzene rings is 2. The fraction of sp³-hybridized carbons (Fsp3) is 0.308. The van der Waals surface area contributed by atoms with Crippen LogP contribution in [0.25, 0.3) is 21.8 Å². The number of aryl methyl sites for hydroxylation is 1. The highest BCUT2D eigenvalue weighted by atomic mass is 35.5. The summed E-state index contributed by atoms with van der Waals surface area (Å²) in [6, 6.07) is 18.2. The Morgan fingerprint density at radius 3 is 2.21 bits per heavy atom. The third-order valence-electron chi connectivity index (χ3n) is 5.50. The van der Waals surface area contributed by atoms with Crippen LogP contribution in [-0.2, 0) is 6.54 Å². The number of alkyl halides is 1. The van der Waals surface area contributed by atoms with Gasteiger partial charge in [-0.25, -0.2) is 0 Å². The number of rotatable bonds is 11. The quantitative estimate of drug-likeness (QED) is 0.246. The summed E-state index contributed by atoms with van der Waals surface area (Å²) in [6.07, 6.45) is 3.40. The predicted octanol–water partition coefficient (Wildman–Crippen LogP) is 5.10. The van der Waals surface area contributed by atoms with Crippen LogP contribution in [0.2, 0.25) is 0 Å². The molecule has 4 rings (SSSR count). The minimum atomic E-state index is -0.135. The third-order valence-corrected chi connectivity index (χ3v) is 5.77. The van der Waals surface area contributed by atoms with Crippen molar-refractivity contribution in [3.05, 3.63) is 81.4 Å². The van der Waals surface area contributed by atoms with Crippen LogP contribution < -0.4 is 20.6 Å². The maximum atomic E-state index is 12.5. The van der Waals surface area contributed by atoms with Gasteiger partial charge in [0.1, 0.15) is 11.5 Å². The van der Waals surface area contributed by atoms with E-state index in [0.717, 1.165) is 53.2 Å². The molecule has 0 saturated carbocycles. The Labute approximate surface area is 196 Å². The molecule has 0 fully saturated rings. The molecule has 172 valence electrons. The molecule has 0 atom stereocenters. The molecule has 0 radical (unpaired) electrons. The molecule has 1 N–H and O–H groups in total. The van der Waals surface area contributed by atoms with Crippen molar-refractivity contribution in [2.45, 2.75) is 32.2 Å². The average molecular weight is 467 g/mol. The Hall–Kier alpha value is -3.25. The van der Waals surface area contributed by atoms with Gasteiger partial charge in [-0.1, -0.05) is 0 Å². The zero-order valence-electron chi connectivity index (χ0n) is 18.4. The summed E-state index contributed by atoms with van der Waals surface area (Å²) < 4.78 is 13.5. The molecule has 0 spiro atoms. The van der Waals surface area contributed by atoms with E-state index in [4.69, 9.17) is 21.1 Å². The number of H-pyrrole nitrogens is 1. The van der Waals surface area contributed by atoms with E-state index >= 15 is 0 Å². The number of nitrogens with one attached hydrogen (secondary N) is 1. The minimum Gasteiger partial charge on any atom is -0.494 e. The van der Waals surface area contributed by atoms with Crippen LogP contribution in [0.5, 0.6) is 11.5 Å². The van der Waals surface area contributed by atoms with Crippen LogP contribution >= 0.6 is 11.6 Å². The minimum absolute atomic E-state index is 0.0267. The summed E-state index contributed by atoms with van der Waals surface area (Å²) in [4.78, 5) is 26.9. The van der Waals surface area contributed by atoms with Crippen molar-refractivity contribution in [1.29, 1.82) is 0 Å². The summed E-state index contributed by atoms with van der Waals surface area (Å²) in [6.45, 7) is 1.73. The van der Waals surface area contributed by atoms with E-state index in [2.05, 4.69) is 4.98 Å². The molecule has 2 aromatic carbocycles. The monoisotopic (exact) mass is 466 g/mol. The van der Waals surface area contributed by atoms with Crippen LogP contribution in [0.3, 0.4) is 0 Å². The number of halogens is 1. The first-order valence-corrected chi connectivity index (χ1v) is 11.8. The number of aromatic nitrogens is 2. The second-order valence-electron chi connectivity index (χ2n) is 7.92. The number of hydrogen-bond donors (Lipinski definition) is 1. The molecule has 7 heteroatoms. The molecule has 4 aromatic rings. The van der Waals surface area contributed by atoms with Gasteiger partial charge in [0.05, 0.1) is 24.2 Å². The molecular weight excluding hydrogens is 440 g/mol. The second kappa shape index (κ2) is 11.1. The fourth-order valence-corrected chi connectivity index (χ4v) is 3.94. The van der Waals surface area contributed by atoms with Gasteiger partial charge in [0.15, 0.2) is 0 Å². The highest BCUT2D eigenvalue weighted by Gasteiger charge is 2.06. The Kier molecular flexibility index (Phi) is 7.68. The fourth-order valence-electron chi connectivity index (χ4n) is 3.76. The summed E-state index contributed by atoms with van der Waals surface area (Å²) in [5.74, 6) is 2.10. The van der Waals surface area contributed by atoms with Crippen LogP contribution in [-0.4, -0.2) is 28.6 Å². The van der Waals surface area contributed by atoms with Crippen molar-refractivity contribution in [2.24, 2.45) is 0 Å². The SMILES string of the molecule is O=c1ccc2ccc(OCCCCn3c(=O)ccc4ccc(OCCCCCl)cc43)cc2[nH]1. The van der Waals surface area contributed by atoms with Crippen LogP contribution in [0.1, 0.15) is 25.7 Å². The first kappa shape index (κ1) is 22.9. The summed E-state index contributed by atoms with van der Waals surface area (Å²) in [5.41, 5.74) is 1.46. The molecule has 0 aliphatic carbocycles. The van der Waals surface area contributed by atoms with Gasteiger partial charge in [-0.05, 0) is 72.9 Å². The highest BCUT2D eigenvalue weighted by Crippen LogP contribution is 2.21. The van der Waals surface area contributed by atoms with Gasteiger partial charge in [0.2, 0.25) is 5.56 Å². The van der Waals surface area contributed by atoms with Gasteiger partial charge in [-0.2, -0.15) is 0 Å². The van der Waals surface area contributed by atoms with Crippen molar-refractivity contribution in [2.75, 3.05) is 19.1 Å². The normalized spacial score (nSPS) is 11.2. The average Bonchev–Trinajstić information content (AvgIpc) is 2.82. The first-order valence-electron chi connectivity index (χ1n) is 11.2. The van der Waals surface area contributed by atoms with E-state index in [0.29, 0.717) is 31.4 Å². The van der Waals surface area contributed by atoms with Crippen molar-refractivity contribution in [3.8, 4) is 11.5 Å². The van der Waals surface area contributed by atoms with Crippen molar-refractivity contribution < 1.29 is 9.47 Å². The molecule has 33 heavy (non-hydrogen) atoms. The topological polar surface area (TPSA) is 73.3 Å². The van der Waals surface area contributed by atoms with Crippen LogP contribution in [0.15, 0.2) is 70.3 Å². The lowest BCUT2D eigenvalue weighted by Gasteiger charge is -2.13. The Balaban J connectivity index is 1.36. The maximum Gasteiger partial charge on any atom is 0.251 e. The standard InChI is InChI=1S/C26H27ClN2O4/c27-13-1-3-15-33-22-10-6-20-8-12-26(31)29(24(20)18-22)14-2-4-16-32-21-9-5-19-7-11-25(30)28-23(19)17-21/h5-12,17-18H,1-4,13-16H2,(H,28,30). The number of pyridine rings is 2. The zero-order chi connectivity index (χ0) is 23.0. The molecule has 6 nitrogen and oxygen atoms in total. The lowest BCUT2D eigenvalue weighted by molar-refractivity contribution is 0.303. The van der Waals surface area contributed by atoms with Gasteiger partial charge < -0.3 is 19.0 Å². The highest BCUT2D eigenvalue weighted by molar-refractivity contribution is 6.17. The van der Waals surface area contributed by atoms with Crippen molar-refractivity contribution in [3.63, 3.8) is 0 Å². The van der Waals surface area contributed by atoms with Crippen molar-refractivity contribution in [1.82, 2.24) is 9.55 Å². The van der Waals surface area contributed by atoms with E-state index in [1.807, 2.05) is 42.5 Å². The van der Waals surface area contributed by atoms with Crippen molar-refractivity contribution >= 4 is 33.4 Å². The Morgan fingerprint density at radius 1 is 0.758 bits per heavy atom. The van der Waals surface area contributed by atoms with Gasteiger partial charge in [0, 0.05) is 36.7 Å².